The summed E-state index contributed by atoms with van der Waals surface area (Å²) in [6.07, 6.45) is 9.64. The highest BCUT2D eigenvalue weighted by Gasteiger charge is 2.24. The SMILES string of the molecule is CCCCCCCC[n+]1cn(-c2c(C)ccc3ccccc23)c(Cl)c1Cl.[Br-]. The standard InChI is InChI=1S/C22H27Cl2N2.BrH/c1-3-4-5-6-7-10-15-25-16-26(22(24)21(25)23)20-17(2)13-14-18-11-8-9-12-19(18)20;/h8-9,11-14,16H,3-7,10,15H2,1-2H3;1H/q+1;/p-1. The number of fused-ring (bicyclic) bond motifs is 1. The van der Waals surface area contributed by atoms with Crippen molar-refractivity contribution in [2.24, 2.45) is 0 Å². The zero-order chi connectivity index (χ0) is 18.5. The lowest BCUT2D eigenvalue weighted by Crippen LogP contribution is -3.00. The number of aromatic nitrogens is 2. The first kappa shape index (κ1) is 22.3. The summed E-state index contributed by atoms with van der Waals surface area (Å²) in [4.78, 5) is 0. The van der Waals surface area contributed by atoms with Gasteiger partial charge < -0.3 is 17.0 Å². The molecule has 0 saturated carbocycles. The summed E-state index contributed by atoms with van der Waals surface area (Å²) in [7, 11) is 0. The van der Waals surface area contributed by atoms with E-state index in [-0.39, 0.29) is 17.0 Å². The van der Waals surface area contributed by atoms with Crippen LogP contribution in [0.5, 0.6) is 0 Å². The van der Waals surface area contributed by atoms with E-state index in [4.69, 9.17) is 23.2 Å². The zero-order valence-electron chi connectivity index (χ0n) is 16.0. The average molecular weight is 470 g/mol. The van der Waals surface area contributed by atoms with Crippen molar-refractivity contribution in [2.75, 3.05) is 0 Å². The number of rotatable bonds is 8. The summed E-state index contributed by atoms with van der Waals surface area (Å²) in [6.45, 7) is 5.27. The van der Waals surface area contributed by atoms with E-state index in [0.717, 1.165) is 18.7 Å². The summed E-state index contributed by atoms with van der Waals surface area (Å²) in [5.74, 6) is 0. The maximum atomic E-state index is 6.61. The van der Waals surface area contributed by atoms with Gasteiger partial charge in [0.1, 0.15) is 5.69 Å². The first-order valence-electron chi connectivity index (χ1n) is 9.58. The molecule has 0 bridgehead atoms. The molecule has 27 heavy (non-hydrogen) atoms. The largest absolute Gasteiger partial charge is 1.00 e. The molecule has 0 spiro atoms. The zero-order valence-corrected chi connectivity index (χ0v) is 19.1. The minimum atomic E-state index is 0. The van der Waals surface area contributed by atoms with Crippen LogP contribution in [0.2, 0.25) is 10.3 Å². The quantitative estimate of drug-likeness (QED) is 0.349. The lowest BCUT2D eigenvalue weighted by molar-refractivity contribution is -0.694. The van der Waals surface area contributed by atoms with E-state index < -0.39 is 0 Å². The second-order valence-electron chi connectivity index (χ2n) is 6.98. The molecule has 0 aliphatic rings. The van der Waals surface area contributed by atoms with E-state index in [0.29, 0.717) is 10.3 Å². The molecule has 0 aliphatic carbocycles. The van der Waals surface area contributed by atoms with Crippen LogP contribution in [0.25, 0.3) is 16.5 Å². The van der Waals surface area contributed by atoms with Gasteiger partial charge in [0.25, 0.3) is 16.6 Å². The van der Waals surface area contributed by atoms with Crippen molar-refractivity contribution >= 4 is 34.0 Å². The molecule has 3 rings (SSSR count). The minimum Gasteiger partial charge on any atom is -1.00 e. The van der Waals surface area contributed by atoms with Gasteiger partial charge in [-0.05, 0) is 53.9 Å². The molecule has 0 atom stereocenters. The fourth-order valence-corrected chi connectivity index (χ4v) is 3.97. The molecule has 2 aromatic carbocycles. The van der Waals surface area contributed by atoms with Gasteiger partial charge in [0, 0.05) is 5.39 Å². The molecule has 0 N–H and O–H groups in total. The third-order valence-corrected chi connectivity index (χ3v) is 5.84. The van der Waals surface area contributed by atoms with Gasteiger partial charge in [0.15, 0.2) is 0 Å². The molecule has 0 unspecified atom stereocenters. The van der Waals surface area contributed by atoms with Gasteiger partial charge in [-0.25, -0.2) is 4.57 Å². The number of benzene rings is 2. The fraction of sp³-hybridized carbons (Fsp3) is 0.409. The van der Waals surface area contributed by atoms with E-state index in [2.05, 4.69) is 54.8 Å². The van der Waals surface area contributed by atoms with E-state index in [1.807, 2.05) is 10.9 Å². The third-order valence-electron chi connectivity index (χ3n) is 4.98. The number of halogens is 3. The van der Waals surface area contributed by atoms with Crippen LogP contribution >= 0.6 is 23.2 Å². The van der Waals surface area contributed by atoms with Crippen molar-refractivity contribution < 1.29 is 21.5 Å². The molecular formula is C22H27BrCl2N2. The molecule has 3 aromatic rings. The van der Waals surface area contributed by atoms with Crippen molar-refractivity contribution in [1.29, 1.82) is 0 Å². The second kappa shape index (κ2) is 10.5. The van der Waals surface area contributed by atoms with Gasteiger partial charge in [0.05, 0.1) is 6.54 Å². The number of unbranched alkanes of at least 4 members (excludes halogenated alkanes) is 5. The number of hydrogen-bond acceptors (Lipinski definition) is 0. The molecule has 0 saturated heterocycles. The van der Waals surface area contributed by atoms with Crippen LogP contribution in [-0.4, -0.2) is 4.57 Å². The number of nitrogens with zero attached hydrogens (tertiary/aromatic N) is 2. The normalized spacial score (nSPS) is 11.0. The topological polar surface area (TPSA) is 8.81 Å². The van der Waals surface area contributed by atoms with Crippen LogP contribution in [0.15, 0.2) is 42.7 Å². The van der Waals surface area contributed by atoms with Crippen molar-refractivity contribution in [2.45, 2.75) is 58.9 Å². The highest BCUT2D eigenvalue weighted by Crippen LogP contribution is 2.30. The maximum Gasteiger partial charge on any atom is 0.260 e. The van der Waals surface area contributed by atoms with Crippen LogP contribution in [0.1, 0.15) is 51.0 Å². The van der Waals surface area contributed by atoms with Gasteiger partial charge in [-0.1, -0.05) is 69.0 Å². The van der Waals surface area contributed by atoms with Gasteiger partial charge in [-0.3, -0.25) is 0 Å². The molecule has 1 heterocycles. The Hall–Kier alpha value is -1.03. The Morgan fingerprint density at radius 3 is 2.41 bits per heavy atom. The molecular weight excluding hydrogens is 443 g/mol. The van der Waals surface area contributed by atoms with E-state index in [9.17, 15) is 0 Å². The highest BCUT2D eigenvalue weighted by atomic mass is 79.9. The highest BCUT2D eigenvalue weighted by molar-refractivity contribution is 6.40. The Labute approximate surface area is 182 Å². The molecule has 2 nitrogen and oxygen atoms in total. The van der Waals surface area contributed by atoms with Crippen LogP contribution in [0.4, 0.5) is 0 Å². The monoisotopic (exact) mass is 468 g/mol. The molecule has 146 valence electrons. The third kappa shape index (κ3) is 5.07. The molecule has 0 amide bonds. The lowest BCUT2D eigenvalue weighted by atomic mass is 10.0. The number of aryl methyl sites for hydroxylation is 2. The molecule has 1 aromatic heterocycles. The van der Waals surface area contributed by atoms with Gasteiger partial charge >= 0.3 is 0 Å². The Bertz CT molecular complexity index is 889. The lowest BCUT2D eigenvalue weighted by Gasteiger charge is -2.07. The number of imidazole rings is 1. The summed E-state index contributed by atoms with van der Waals surface area (Å²) in [5, 5.41) is 3.59. The molecule has 0 fully saturated rings. The smallest absolute Gasteiger partial charge is 0.260 e. The Morgan fingerprint density at radius 2 is 1.63 bits per heavy atom. The number of hydrogen-bond donors (Lipinski definition) is 0. The summed E-state index contributed by atoms with van der Waals surface area (Å²) in [5.41, 5.74) is 2.29. The van der Waals surface area contributed by atoms with Gasteiger partial charge in [-0.2, -0.15) is 4.57 Å². The van der Waals surface area contributed by atoms with Crippen molar-refractivity contribution in [3.8, 4) is 5.69 Å². The van der Waals surface area contributed by atoms with Crippen LogP contribution in [0, 0.1) is 6.92 Å². The first-order chi connectivity index (χ1) is 12.6. The van der Waals surface area contributed by atoms with Crippen molar-refractivity contribution in [1.82, 2.24) is 4.57 Å². The van der Waals surface area contributed by atoms with E-state index in [1.54, 1.807) is 0 Å². The Morgan fingerprint density at radius 1 is 0.926 bits per heavy atom. The molecule has 0 radical (unpaired) electrons. The minimum absolute atomic E-state index is 0. The summed E-state index contributed by atoms with van der Waals surface area (Å²) < 4.78 is 4.10. The van der Waals surface area contributed by atoms with Crippen LogP contribution < -0.4 is 21.5 Å². The first-order valence-corrected chi connectivity index (χ1v) is 10.3. The Balaban J connectivity index is 0.00000261. The predicted octanol–water partition coefficient (Wildman–Crippen LogP) is 3.90. The van der Waals surface area contributed by atoms with Crippen molar-refractivity contribution in [3.63, 3.8) is 0 Å². The summed E-state index contributed by atoms with van der Waals surface area (Å²) >= 11 is 13.2. The Kier molecular flexibility index (Phi) is 8.65. The van der Waals surface area contributed by atoms with Crippen molar-refractivity contribution in [3.05, 3.63) is 58.6 Å². The molecule has 0 aliphatic heterocycles. The van der Waals surface area contributed by atoms with E-state index >= 15 is 0 Å². The predicted molar refractivity (Wildman–Crippen MR) is 112 cm³/mol. The van der Waals surface area contributed by atoms with Crippen LogP contribution in [0.3, 0.4) is 0 Å². The second-order valence-corrected chi connectivity index (χ2v) is 7.70. The van der Waals surface area contributed by atoms with E-state index in [1.165, 1.54) is 48.4 Å². The fourth-order valence-electron chi connectivity index (χ4n) is 3.52. The van der Waals surface area contributed by atoms with Gasteiger partial charge in [-0.15, -0.1) is 0 Å². The van der Waals surface area contributed by atoms with Crippen LogP contribution in [-0.2, 0) is 6.54 Å². The summed E-state index contributed by atoms with van der Waals surface area (Å²) in [6, 6.07) is 12.7. The maximum absolute atomic E-state index is 6.61. The molecule has 5 heteroatoms. The average Bonchev–Trinajstić information content (AvgIpc) is 2.93. The van der Waals surface area contributed by atoms with Gasteiger partial charge in [0.2, 0.25) is 0 Å².